The van der Waals surface area contributed by atoms with Crippen molar-refractivity contribution in [3.05, 3.63) is 48.3 Å². The molecular formula is C13H8FN3O. The van der Waals surface area contributed by atoms with Gasteiger partial charge in [0.25, 0.3) is 0 Å². The van der Waals surface area contributed by atoms with E-state index in [4.69, 9.17) is 0 Å². The number of nitrogens with zero attached hydrogens (tertiary/aromatic N) is 2. The fraction of sp³-hybridized carbons (Fsp3) is 0. The molecule has 0 aliphatic heterocycles. The minimum absolute atomic E-state index is 0.249. The molecule has 5 heteroatoms. The van der Waals surface area contributed by atoms with Gasteiger partial charge in [0.05, 0.1) is 18.1 Å². The number of aromatic amines is 1. The second kappa shape index (κ2) is 4.03. The van der Waals surface area contributed by atoms with Crippen molar-refractivity contribution in [2.24, 2.45) is 0 Å². The van der Waals surface area contributed by atoms with Gasteiger partial charge in [-0.05, 0) is 12.1 Å². The highest BCUT2D eigenvalue weighted by atomic mass is 19.1. The minimum atomic E-state index is -0.315. The van der Waals surface area contributed by atoms with Gasteiger partial charge in [-0.3, -0.25) is 9.78 Å². The number of nitrogens with one attached hydrogen (secondary N) is 1. The molecule has 1 N–H and O–H groups in total. The Bertz CT molecular complexity index is 719. The predicted octanol–water partition coefficient (Wildman–Crippen LogP) is 2.58. The lowest BCUT2D eigenvalue weighted by molar-refractivity contribution is 0.111. The molecule has 0 unspecified atom stereocenters. The van der Waals surface area contributed by atoms with Crippen LogP contribution in [0.4, 0.5) is 4.39 Å². The number of halogens is 1. The van der Waals surface area contributed by atoms with E-state index in [1.165, 1.54) is 18.5 Å². The summed E-state index contributed by atoms with van der Waals surface area (Å²) in [5, 5.41) is 0.477. The number of hydrogen-bond donors (Lipinski definition) is 1. The molecule has 0 saturated carbocycles. The monoisotopic (exact) mass is 241 g/mol. The standard InChI is InChI=1S/C13H8FN3O/c14-10-2-1-3-11-13(10)9(5-17-11)12-6-15-8(7-18)4-16-12/h1-7,17H. The van der Waals surface area contributed by atoms with E-state index in [0.29, 0.717) is 28.4 Å². The summed E-state index contributed by atoms with van der Waals surface area (Å²) in [6.45, 7) is 0. The third kappa shape index (κ3) is 1.57. The van der Waals surface area contributed by atoms with E-state index in [-0.39, 0.29) is 11.5 Å². The third-order valence-corrected chi connectivity index (χ3v) is 2.72. The smallest absolute Gasteiger partial charge is 0.170 e. The number of hydrogen-bond acceptors (Lipinski definition) is 3. The van der Waals surface area contributed by atoms with Gasteiger partial charge < -0.3 is 4.98 Å². The lowest BCUT2D eigenvalue weighted by Crippen LogP contribution is -1.90. The summed E-state index contributed by atoms with van der Waals surface area (Å²) in [6.07, 6.45) is 5.12. The van der Waals surface area contributed by atoms with Crippen molar-refractivity contribution in [1.29, 1.82) is 0 Å². The Balaban J connectivity index is 2.21. The Morgan fingerprint density at radius 3 is 2.83 bits per heavy atom. The predicted molar refractivity (Wildman–Crippen MR) is 64.7 cm³/mol. The van der Waals surface area contributed by atoms with Crippen LogP contribution in [0.25, 0.3) is 22.2 Å². The van der Waals surface area contributed by atoms with Crippen LogP contribution in [-0.2, 0) is 0 Å². The van der Waals surface area contributed by atoms with Crippen LogP contribution in [0, 0.1) is 5.82 Å². The van der Waals surface area contributed by atoms with Gasteiger partial charge in [0.2, 0.25) is 0 Å². The van der Waals surface area contributed by atoms with Crippen molar-refractivity contribution in [3.8, 4) is 11.3 Å². The van der Waals surface area contributed by atoms with Crippen molar-refractivity contribution >= 4 is 17.2 Å². The van der Waals surface area contributed by atoms with E-state index >= 15 is 0 Å². The fourth-order valence-corrected chi connectivity index (χ4v) is 1.88. The molecule has 4 nitrogen and oxygen atoms in total. The quantitative estimate of drug-likeness (QED) is 0.701. The lowest BCUT2D eigenvalue weighted by Gasteiger charge is -1.99. The SMILES string of the molecule is O=Cc1cnc(-c2c[nH]c3cccc(F)c23)cn1. The Hall–Kier alpha value is -2.56. The zero-order valence-corrected chi connectivity index (χ0v) is 9.22. The molecule has 1 aromatic carbocycles. The first-order chi connectivity index (χ1) is 8.79. The summed E-state index contributed by atoms with van der Waals surface area (Å²) in [6, 6.07) is 4.82. The van der Waals surface area contributed by atoms with Gasteiger partial charge in [0.15, 0.2) is 6.29 Å². The topological polar surface area (TPSA) is 58.6 Å². The molecule has 0 bridgehead atoms. The summed E-state index contributed by atoms with van der Waals surface area (Å²) in [7, 11) is 0. The van der Waals surface area contributed by atoms with Crippen LogP contribution in [0.3, 0.4) is 0 Å². The van der Waals surface area contributed by atoms with E-state index in [2.05, 4.69) is 15.0 Å². The number of H-pyrrole nitrogens is 1. The van der Waals surface area contributed by atoms with Crippen molar-refractivity contribution in [2.45, 2.75) is 0 Å². The molecule has 0 aliphatic carbocycles. The van der Waals surface area contributed by atoms with Gasteiger partial charge in [0, 0.05) is 22.7 Å². The van der Waals surface area contributed by atoms with Crippen LogP contribution in [0.5, 0.6) is 0 Å². The highest BCUT2D eigenvalue weighted by molar-refractivity contribution is 5.94. The van der Waals surface area contributed by atoms with E-state index in [1.54, 1.807) is 18.3 Å². The largest absolute Gasteiger partial charge is 0.360 e. The number of benzene rings is 1. The van der Waals surface area contributed by atoms with E-state index < -0.39 is 0 Å². The van der Waals surface area contributed by atoms with E-state index in [9.17, 15) is 9.18 Å². The number of fused-ring (bicyclic) bond motifs is 1. The van der Waals surface area contributed by atoms with Crippen LogP contribution in [0.2, 0.25) is 0 Å². The second-order valence-corrected chi connectivity index (χ2v) is 3.81. The molecule has 0 aliphatic rings. The highest BCUT2D eigenvalue weighted by Gasteiger charge is 2.11. The molecule has 0 atom stereocenters. The molecule has 0 spiro atoms. The molecular weight excluding hydrogens is 233 g/mol. The van der Waals surface area contributed by atoms with Gasteiger partial charge in [0.1, 0.15) is 11.5 Å². The van der Waals surface area contributed by atoms with Crippen molar-refractivity contribution in [2.75, 3.05) is 0 Å². The van der Waals surface area contributed by atoms with Crippen LogP contribution < -0.4 is 0 Å². The first kappa shape index (κ1) is 10.6. The van der Waals surface area contributed by atoms with Crippen molar-refractivity contribution in [1.82, 2.24) is 15.0 Å². The fourth-order valence-electron chi connectivity index (χ4n) is 1.88. The number of carbonyl (C=O) groups excluding carboxylic acids is 1. The summed E-state index contributed by atoms with van der Waals surface area (Å²) in [4.78, 5) is 21.5. The van der Waals surface area contributed by atoms with Crippen LogP contribution in [0.15, 0.2) is 36.8 Å². The highest BCUT2D eigenvalue weighted by Crippen LogP contribution is 2.28. The summed E-state index contributed by atoms with van der Waals surface area (Å²) >= 11 is 0. The number of aromatic nitrogens is 3. The Labute approximate surface area is 102 Å². The molecule has 0 amide bonds. The van der Waals surface area contributed by atoms with Gasteiger partial charge in [-0.2, -0.15) is 0 Å². The molecule has 3 aromatic rings. The van der Waals surface area contributed by atoms with Crippen molar-refractivity contribution < 1.29 is 9.18 Å². The lowest BCUT2D eigenvalue weighted by atomic mass is 10.1. The molecule has 0 fully saturated rings. The Morgan fingerprint density at radius 2 is 2.11 bits per heavy atom. The Kier molecular flexibility index (Phi) is 2.37. The average molecular weight is 241 g/mol. The summed E-state index contributed by atoms with van der Waals surface area (Å²) < 4.78 is 13.8. The molecule has 2 heterocycles. The van der Waals surface area contributed by atoms with Crippen LogP contribution >= 0.6 is 0 Å². The second-order valence-electron chi connectivity index (χ2n) is 3.81. The van der Waals surface area contributed by atoms with Gasteiger partial charge >= 0.3 is 0 Å². The molecule has 18 heavy (non-hydrogen) atoms. The number of carbonyl (C=O) groups is 1. The normalized spacial score (nSPS) is 10.7. The zero-order chi connectivity index (χ0) is 12.5. The van der Waals surface area contributed by atoms with Crippen LogP contribution in [-0.4, -0.2) is 21.2 Å². The van der Waals surface area contributed by atoms with E-state index in [0.717, 1.165) is 0 Å². The first-order valence-corrected chi connectivity index (χ1v) is 5.33. The van der Waals surface area contributed by atoms with Gasteiger partial charge in [-0.1, -0.05) is 6.07 Å². The maximum atomic E-state index is 13.8. The molecule has 3 rings (SSSR count). The van der Waals surface area contributed by atoms with Crippen molar-refractivity contribution in [3.63, 3.8) is 0 Å². The maximum absolute atomic E-state index is 13.8. The third-order valence-electron chi connectivity index (χ3n) is 2.72. The Morgan fingerprint density at radius 1 is 1.22 bits per heavy atom. The maximum Gasteiger partial charge on any atom is 0.170 e. The molecule has 2 aromatic heterocycles. The summed E-state index contributed by atoms with van der Waals surface area (Å²) in [5.41, 5.74) is 2.11. The minimum Gasteiger partial charge on any atom is -0.360 e. The molecule has 0 radical (unpaired) electrons. The van der Waals surface area contributed by atoms with E-state index in [1.807, 2.05) is 0 Å². The first-order valence-electron chi connectivity index (χ1n) is 5.33. The average Bonchev–Trinajstić information content (AvgIpc) is 2.84. The molecule has 0 saturated heterocycles. The van der Waals surface area contributed by atoms with Crippen LogP contribution in [0.1, 0.15) is 10.5 Å². The zero-order valence-electron chi connectivity index (χ0n) is 9.22. The number of aldehydes is 1. The summed E-state index contributed by atoms with van der Waals surface area (Å²) in [5.74, 6) is -0.315. The van der Waals surface area contributed by atoms with Gasteiger partial charge in [-0.25, -0.2) is 9.37 Å². The van der Waals surface area contributed by atoms with Gasteiger partial charge in [-0.15, -0.1) is 0 Å². The molecule has 88 valence electrons. The number of rotatable bonds is 2.